The average molecular weight is 224 g/mol. The third-order valence-electron chi connectivity index (χ3n) is 2.62. The van der Waals surface area contributed by atoms with E-state index in [1.807, 2.05) is 13.8 Å². The first-order valence-electron chi connectivity index (χ1n) is 5.81. The minimum absolute atomic E-state index is 0.331. The first-order chi connectivity index (χ1) is 7.31. The van der Waals surface area contributed by atoms with Crippen molar-refractivity contribution < 1.29 is 0 Å². The highest BCUT2D eigenvalue weighted by atomic mass is 15.1. The van der Waals surface area contributed by atoms with Crippen molar-refractivity contribution in [2.75, 3.05) is 18.8 Å². The van der Waals surface area contributed by atoms with Crippen LogP contribution in [0.1, 0.15) is 32.3 Å². The Hall–Kier alpha value is -1.03. The van der Waals surface area contributed by atoms with Gasteiger partial charge in [0.1, 0.15) is 11.6 Å². The van der Waals surface area contributed by atoms with Crippen molar-refractivity contribution in [1.29, 1.82) is 0 Å². The Labute approximate surface area is 98.2 Å². The van der Waals surface area contributed by atoms with Gasteiger partial charge in [0, 0.05) is 19.6 Å². The summed E-state index contributed by atoms with van der Waals surface area (Å²) in [7, 11) is 0. The molecule has 4 heteroatoms. The van der Waals surface area contributed by atoms with Crippen LogP contribution in [0.15, 0.2) is 0 Å². The first-order valence-corrected chi connectivity index (χ1v) is 5.81. The third-order valence-corrected chi connectivity index (χ3v) is 2.62. The topological polar surface area (TPSA) is 55.9 Å². The summed E-state index contributed by atoms with van der Waals surface area (Å²) in [5.74, 6) is 1.64. The molecule has 3 N–H and O–H groups in total. The van der Waals surface area contributed by atoms with Crippen LogP contribution in [0.4, 0.5) is 5.82 Å². The van der Waals surface area contributed by atoms with Gasteiger partial charge in [0.25, 0.3) is 0 Å². The quantitative estimate of drug-likeness (QED) is 0.766. The van der Waals surface area contributed by atoms with Gasteiger partial charge in [-0.25, -0.2) is 4.98 Å². The number of hydrogen-bond acceptors (Lipinski definition) is 3. The van der Waals surface area contributed by atoms with Gasteiger partial charge in [-0.3, -0.25) is 0 Å². The number of anilines is 1. The van der Waals surface area contributed by atoms with Gasteiger partial charge in [0.05, 0.1) is 5.69 Å². The van der Waals surface area contributed by atoms with E-state index in [-0.39, 0.29) is 0 Å². The van der Waals surface area contributed by atoms with Crippen molar-refractivity contribution in [2.24, 2.45) is 5.41 Å². The number of nitrogens with one attached hydrogen (secondary N) is 1. The number of rotatable bonds is 4. The Kier molecular flexibility index (Phi) is 3.97. The zero-order valence-corrected chi connectivity index (χ0v) is 11.1. The lowest BCUT2D eigenvalue weighted by molar-refractivity contribution is 0.375. The van der Waals surface area contributed by atoms with E-state index in [9.17, 15) is 0 Å². The van der Waals surface area contributed by atoms with Crippen molar-refractivity contribution in [3.8, 4) is 0 Å². The molecule has 1 aromatic heterocycles. The monoisotopic (exact) mass is 224 g/mol. The molecule has 16 heavy (non-hydrogen) atoms. The zero-order valence-electron chi connectivity index (χ0n) is 11.1. The normalized spacial score (nSPS) is 12.1. The van der Waals surface area contributed by atoms with Crippen LogP contribution in [0.3, 0.4) is 0 Å². The first kappa shape index (κ1) is 13.0. The SMILES string of the molecule is Cc1nc(N)c(C)n1CCNCC(C)(C)C. The highest BCUT2D eigenvalue weighted by Crippen LogP contribution is 2.12. The third kappa shape index (κ3) is 3.52. The summed E-state index contributed by atoms with van der Waals surface area (Å²) in [4.78, 5) is 4.25. The van der Waals surface area contributed by atoms with E-state index in [4.69, 9.17) is 5.73 Å². The maximum absolute atomic E-state index is 5.76. The van der Waals surface area contributed by atoms with E-state index >= 15 is 0 Å². The second-order valence-electron chi connectivity index (χ2n) is 5.52. The summed E-state index contributed by atoms with van der Waals surface area (Å²) in [6.45, 7) is 13.6. The van der Waals surface area contributed by atoms with E-state index in [1.54, 1.807) is 0 Å². The van der Waals surface area contributed by atoms with Gasteiger partial charge in [0.2, 0.25) is 0 Å². The molecule has 0 fully saturated rings. The predicted octanol–water partition coefficient (Wildman–Crippen LogP) is 1.72. The van der Waals surface area contributed by atoms with Crippen LogP contribution in [0.5, 0.6) is 0 Å². The van der Waals surface area contributed by atoms with Gasteiger partial charge in [0.15, 0.2) is 0 Å². The van der Waals surface area contributed by atoms with Gasteiger partial charge in [-0.15, -0.1) is 0 Å². The zero-order chi connectivity index (χ0) is 12.3. The van der Waals surface area contributed by atoms with Gasteiger partial charge < -0.3 is 15.6 Å². The second-order valence-corrected chi connectivity index (χ2v) is 5.52. The lowest BCUT2D eigenvalue weighted by Gasteiger charge is -2.19. The molecule has 0 atom stereocenters. The Balaban J connectivity index is 2.43. The Morgan fingerprint density at radius 1 is 1.31 bits per heavy atom. The van der Waals surface area contributed by atoms with E-state index in [0.29, 0.717) is 11.2 Å². The van der Waals surface area contributed by atoms with Gasteiger partial charge >= 0.3 is 0 Å². The van der Waals surface area contributed by atoms with Crippen LogP contribution < -0.4 is 11.1 Å². The minimum Gasteiger partial charge on any atom is -0.382 e. The number of nitrogens with two attached hydrogens (primary N) is 1. The van der Waals surface area contributed by atoms with Crippen molar-refractivity contribution in [3.05, 3.63) is 11.5 Å². The highest BCUT2D eigenvalue weighted by Gasteiger charge is 2.10. The number of aryl methyl sites for hydroxylation is 1. The van der Waals surface area contributed by atoms with E-state index in [0.717, 1.165) is 31.2 Å². The number of hydrogen-bond donors (Lipinski definition) is 2. The molecule has 0 unspecified atom stereocenters. The second kappa shape index (κ2) is 4.87. The molecule has 0 aliphatic rings. The van der Waals surface area contributed by atoms with Crippen LogP contribution >= 0.6 is 0 Å². The Morgan fingerprint density at radius 2 is 1.94 bits per heavy atom. The number of nitrogens with zero attached hydrogens (tertiary/aromatic N) is 2. The fourth-order valence-electron chi connectivity index (χ4n) is 1.68. The molecule has 0 aromatic carbocycles. The molecule has 0 bridgehead atoms. The lowest BCUT2D eigenvalue weighted by atomic mass is 9.97. The van der Waals surface area contributed by atoms with E-state index in [2.05, 4.69) is 35.6 Å². The van der Waals surface area contributed by atoms with Crippen LogP contribution in [-0.4, -0.2) is 22.6 Å². The largest absolute Gasteiger partial charge is 0.382 e. The minimum atomic E-state index is 0.331. The van der Waals surface area contributed by atoms with Gasteiger partial charge in [-0.2, -0.15) is 0 Å². The number of nitrogen functional groups attached to an aromatic ring is 1. The summed E-state index contributed by atoms with van der Waals surface area (Å²) < 4.78 is 2.16. The van der Waals surface area contributed by atoms with Crippen molar-refractivity contribution in [1.82, 2.24) is 14.9 Å². The molecule has 0 radical (unpaired) electrons. The predicted molar refractivity (Wildman–Crippen MR) is 68.4 cm³/mol. The van der Waals surface area contributed by atoms with Gasteiger partial charge in [-0.1, -0.05) is 20.8 Å². The van der Waals surface area contributed by atoms with Crippen LogP contribution in [-0.2, 0) is 6.54 Å². The van der Waals surface area contributed by atoms with E-state index < -0.39 is 0 Å². The fraction of sp³-hybridized carbons (Fsp3) is 0.750. The standard InChI is InChI=1S/C12H24N4/c1-9-11(13)15-10(2)16(9)7-6-14-8-12(3,4)5/h14H,6-8,13H2,1-5H3. The summed E-state index contributed by atoms with van der Waals surface area (Å²) >= 11 is 0. The molecule has 4 nitrogen and oxygen atoms in total. The summed E-state index contributed by atoms with van der Waals surface area (Å²) in [6, 6.07) is 0. The Morgan fingerprint density at radius 3 is 2.38 bits per heavy atom. The molecule has 92 valence electrons. The van der Waals surface area contributed by atoms with Crippen molar-refractivity contribution in [2.45, 2.75) is 41.2 Å². The Bertz CT molecular complexity index is 347. The molecule has 1 heterocycles. The van der Waals surface area contributed by atoms with Crippen LogP contribution in [0.25, 0.3) is 0 Å². The summed E-state index contributed by atoms with van der Waals surface area (Å²) in [5, 5.41) is 3.45. The molecule has 0 aliphatic heterocycles. The van der Waals surface area contributed by atoms with Gasteiger partial charge in [-0.05, 0) is 19.3 Å². The molecule has 0 aliphatic carbocycles. The van der Waals surface area contributed by atoms with Crippen LogP contribution in [0, 0.1) is 19.3 Å². The number of aromatic nitrogens is 2. The van der Waals surface area contributed by atoms with E-state index in [1.165, 1.54) is 0 Å². The maximum atomic E-state index is 5.76. The summed E-state index contributed by atoms with van der Waals surface area (Å²) in [6.07, 6.45) is 0. The smallest absolute Gasteiger partial charge is 0.144 e. The molecule has 1 rings (SSSR count). The fourth-order valence-corrected chi connectivity index (χ4v) is 1.68. The molecule has 0 saturated heterocycles. The molecule has 0 spiro atoms. The van der Waals surface area contributed by atoms with Crippen LogP contribution in [0.2, 0.25) is 0 Å². The molecule has 1 aromatic rings. The molecule has 0 amide bonds. The molecular formula is C12H24N4. The molecular weight excluding hydrogens is 200 g/mol. The summed E-state index contributed by atoms with van der Waals surface area (Å²) in [5.41, 5.74) is 7.16. The average Bonchev–Trinajstić information content (AvgIpc) is 2.36. The maximum Gasteiger partial charge on any atom is 0.144 e. The van der Waals surface area contributed by atoms with Crippen molar-refractivity contribution >= 4 is 5.82 Å². The molecule has 0 saturated carbocycles. The highest BCUT2D eigenvalue weighted by molar-refractivity contribution is 5.35. The number of imidazole rings is 1. The lowest BCUT2D eigenvalue weighted by Crippen LogP contribution is -2.29. The van der Waals surface area contributed by atoms with Crippen molar-refractivity contribution in [3.63, 3.8) is 0 Å².